The molecule has 0 saturated heterocycles. The minimum atomic E-state index is -0.589. The number of halogens is 1. The van der Waals surface area contributed by atoms with Gasteiger partial charge in [0.2, 0.25) is 0 Å². The summed E-state index contributed by atoms with van der Waals surface area (Å²) >= 11 is 0. The van der Waals surface area contributed by atoms with E-state index in [0.717, 1.165) is 24.1 Å². The predicted octanol–water partition coefficient (Wildman–Crippen LogP) is 4.31. The fourth-order valence-electron chi connectivity index (χ4n) is 3.97. The van der Waals surface area contributed by atoms with Crippen molar-refractivity contribution in [1.82, 2.24) is 9.97 Å². The van der Waals surface area contributed by atoms with Gasteiger partial charge in [-0.05, 0) is 43.4 Å². The van der Waals surface area contributed by atoms with E-state index in [-0.39, 0.29) is 35.6 Å². The average Bonchev–Trinajstić information content (AvgIpc) is 3.19. The first-order valence-electron chi connectivity index (χ1n) is 10.2. The van der Waals surface area contributed by atoms with Gasteiger partial charge in [-0.2, -0.15) is 0 Å². The fourth-order valence-corrected chi connectivity index (χ4v) is 3.97. The Morgan fingerprint density at radius 1 is 1.17 bits per heavy atom. The fraction of sp³-hybridized carbons (Fsp3) is 0.292. The van der Waals surface area contributed by atoms with Gasteiger partial charge >= 0.3 is 0 Å². The maximum absolute atomic E-state index is 14.8. The van der Waals surface area contributed by atoms with Gasteiger partial charge < -0.3 is 10.8 Å². The zero-order chi connectivity index (χ0) is 21.1. The Labute approximate surface area is 174 Å². The average molecular weight is 405 g/mol. The van der Waals surface area contributed by atoms with Crippen LogP contribution in [0.25, 0.3) is 11.3 Å². The Balaban J connectivity index is 1.53. The zero-order valence-electron chi connectivity index (χ0n) is 16.6. The van der Waals surface area contributed by atoms with Crippen LogP contribution in [0.5, 0.6) is 0 Å². The number of benzene rings is 2. The van der Waals surface area contributed by atoms with Crippen LogP contribution in [0.4, 0.5) is 10.2 Å². The minimum Gasteiger partial charge on any atom is -0.393 e. The number of aliphatic hydroxyl groups excluding tert-OH is 1. The largest absolute Gasteiger partial charge is 0.393 e. The highest BCUT2D eigenvalue weighted by atomic mass is 19.1. The van der Waals surface area contributed by atoms with E-state index in [9.17, 15) is 14.3 Å². The summed E-state index contributed by atoms with van der Waals surface area (Å²) in [6, 6.07) is 14.1. The lowest BCUT2D eigenvalue weighted by Gasteiger charge is -2.12. The summed E-state index contributed by atoms with van der Waals surface area (Å²) < 4.78 is 14.8. The number of anilines is 1. The van der Waals surface area contributed by atoms with Gasteiger partial charge in [-0.3, -0.25) is 4.79 Å². The topological polar surface area (TPSA) is 89.1 Å². The molecule has 30 heavy (non-hydrogen) atoms. The van der Waals surface area contributed by atoms with Crippen LogP contribution in [0.3, 0.4) is 0 Å². The second kappa shape index (κ2) is 8.71. The lowest BCUT2D eigenvalue weighted by Crippen LogP contribution is -2.07. The highest BCUT2D eigenvalue weighted by molar-refractivity contribution is 5.97. The van der Waals surface area contributed by atoms with Crippen LogP contribution in [0.2, 0.25) is 0 Å². The number of nitrogen functional groups attached to an aromatic ring is 1. The molecule has 0 bridgehead atoms. The molecule has 2 atom stereocenters. The van der Waals surface area contributed by atoms with Crippen molar-refractivity contribution >= 4 is 11.6 Å². The van der Waals surface area contributed by atoms with Gasteiger partial charge in [-0.25, -0.2) is 14.4 Å². The van der Waals surface area contributed by atoms with Gasteiger partial charge in [-0.15, -0.1) is 0 Å². The molecule has 3 N–H and O–H groups in total. The second-order valence-corrected chi connectivity index (χ2v) is 7.80. The summed E-state index contributed by atoms with van der Waals surface area (Å²) in [5.74, 6) is -0.500. The predicted molar refractivity (Wildman–Crippen MR) is 114 cm³/mol. The lowest BCUT2D eigenvalue weighted by atomic mass is 10.00. The van der Waals surface area contributed by atoms with E-state index in [1.807, 2.05) is 30.3 Å². The number of nitrogens with two attached hydrogens (primary N) is 1. The Bertz CT molecular complexity index is 1060. The third kappa shape index (κ3) is 4.39. The summed E-state index contributed by atoms with van der Waals surface area (Å²) in [6.45, 7) is 0. The standard InChI is InChI=1S/C24H24FN3O2/c25-20-13-17(8-10-19(20)22(30)11-6-15-4-2-1-3-5-15)23-24(26)27-14-21(28-23)16-7-9-18(29)12-16/h1-5,8,10,13-14,16,18,29H,6-7,9,11-12H2,(H2,26,27)/t16-,18+/m1/s1. The molecule has 0 spiro atoms. The molecular weight excluding hydrogens is 381 g/mol. The molecule has 0 unspecified atom stereocenters. The van der Waals surface area contributed by atoms with Crippen molar-refractivity contribution in [2.75, 3.05) is 5.73 Å². The van der Waals surface area contributed by atoms with Crippen molar-refractivity contribution in [2.24, 2.45) is 0 Å². The van der Waals surface area contributed by atoms with Gasteiger partial charge in [0.25, 0.3) is 0 Å². The zero-order valence-corrected chi connectivity index (χ0v) is 16.6. The summed E-state index contributed by atoms with van der Waals surface area (Å²) in [5, 5.41) is 9.78. The summed E-state index contributed by atoms with van der Waals surface area (Å²) in [7, 11) is 0. The molecule has 0 aliphatic heterocycles. The second-order valence-electron chi connectivity index (χ2n) is 7.80. The molecule has 0 amide bonds. The van der Waals surface area contributed by atoms with Gasteiger partial charge in [0.1, 0.15) is 17.3 Å². The molecule has 6 heteroatoms. The number of aryl methyl sites for hydroxylation is 1. The highest BCUT2D eigenvalue weighted by Gasteiger charge is 2.26. The van der Waals surface area contributed by atoms with Crippen LogP contribution in [0.1, 0.15) is 53.2 Å². The van der Waals surface area contributed by atoms with Crippen LogP contribution in [-0.2, 0) is 6.42 Å². The highest BCUT2D eigenvalue weighted by Crippen LogP contribution is 2.35. The summed E-state index contributed by atoms with van der Waals surface area (Å²) in [6.07, 6.45) is 4.32. The number of carbonyl (C=O) groups excluding carboxylic acids is 1. The Morgan fingerprint density at radius 2 is 1.97 bits per heavy atom. The molecule has 1 aliphatic carbocycles. The molecule has 3 aromatic rings. The SMILES string of the molecule is Nc1ncc([C@@H]2CC[C@H](O)C2)nc1-c1ccc(C(=O)CCc2ccccc2)c(F)c1. The van der Waals surface area contributed by atoms with E-state index in [1.165, 1.54) is 12.1 Å². The molecule has 154 valence electrons. The van der Waals surface area contributed by atoms with Crippen LogP contribution in [0.15, 0.2) is 54.7 Å². The van der Waals surface area contributed by atoms with E-state index in [4.69, 9.17) is 5.73 Å². The number of hydrogen-bond acceptors (Lipinski definition) is 5. The number of ketones is 1. The Kier molecular flexibility index (Phi) is 5.86. The van der Waals surface area contributed by atoms with E-state index in [2.05, 4.69) is 9.97 Å². The van der Waals surface area contributed by atoms with Crippen molar-refractivity contribution in [3.63, 3.8) is 0 Å². The smallest absolute Gasteiger partial charge is 0.166 e. The molecular formula is C24H24FN3O2. The normalized spacial score (nSPS) is 18.5. The number of hydrogen-bond donors (Lipinski definition) is 2. The van der Waals surface area contributed by atoms with Crippen LogP contribution in [0, 0.1) is 5.82 Å². The van der Waals surface area contributed by atoms with E-state index in [1.54, 1.807) is 12.3 Å². The van der Waals surface area contributed by atoms with Crippen LogP contribution < -0.4 is 5.73 Å². The van der Waals surface area contributed by atoms with Gasteiger partial charge in [0.15, 0.2) is 5.78 Å². The number of aromatic nitrogens is 2. The number of carbonyl (C=O) groups is 1. The number of Topliss-reactive ketones (excluding diaryl/α,β-unsaturated/α-hetero) is 1. The molecule has 1 saturated carbocycles. The van der Waals surface area contributed by atoms with Crippen molar-refractivity contribution in [1.29, 1.82) is 0 Å². The maximum atomic E-state index is 14.8. The quantitative estimate of drug-likeness (QED) is 0.597. The molecule has 1 aromatic heterocycles. The van der Waals surface area contributed by atoms with E-state index < -0.39 is 5.82 Å². The number of rotatable bonds is 6. The molecule has 2 aromatic carbocycles. The molecule has 4 rings (SSSR count). The molecule has 1 heterocycles. The van der Waals surface area contributed by atoms with Crippen molar-refractivity contribution < 1.29 is 14.3 Å². The van der Waals surface area contributed by atoms with Crippen molar-refractivity contribution in [3.8, 4) is 11.3 Å². The molecule has 1 fully saturated rings. The first kappa shape index (κ1) is 20.2. The first-order chi connectivity index (χ1) is 14.5. The molecule has 0 radical (unpaired) electrons. The molecule has 1 aliphatic rings. The van der Waals surface area contributed by atoms with E-state index in [0.29, 0.717) is 24.1 Å². The first-order valence-corrected chi connectivity index (χ1v) is 10.2. The van der Waals surface area contributed by atoms with Crippen molar-refractivity contribution in [2.45, 2.75) is 44.1 Å². The van der Waals surface area contributed by atoms with E-state index >= 15 is 0 Å². The number of aliphatic hydroxyl groups is 1. The van der Waals surface area contributed by atoms with Crippen LogP contribution >= 0.6 is 0 Å². The van der Waals surface area contributed by atoms with Gasteiger partial charge in [-0.1, -0.05) is 36.4 Å². The summed E-state index contributed by atoms with van der Waals surface area (Å²) in [4.78, 5) is 21.3. The maximum Gasteiger partial charge on any atom is 0.166 e. The third-order valence-electron chi connectivity index (χ3n) is 5.67. The molecule has 5 nitrogen and oxygen atoms in total. The minimum absolute atomic E-state index is 0.0660. The van der Waals surface area contributed by atoms with Crippen molar-refractivity contribution in [3.05, 3.63) is 77.4 Å². The lowest BCUT2D eigenvalue weighted by molar-refractivity contribution is 0.0979. The number of nitrogens with zero attached hydrogens (tertiary/aromatic N) is 2. The Morgan fingerprint density at radius 3 is 2.67 bits per heavy atom. The summed E-state index contributed by atoms with van der Waals surface area (Å²) in [5.41, 5.74) is 8.73. The third-order valence-corrected chi connectivity index (χ3v) is 5.67. The monoisotopic (exact) mass is 405 g/mol. The van der Waals surface area contributed by atoms with Gasteiger partial charge in [0.05, 0.1) is 23.6 Å². The Hall–Kier alpha value is -3.12. The van der Waals surface area contributed by atoms with Crippen LogP contribution in [-0.4, -0.2) is 27.0 Å². The van der Waals surface area contributed by atoms with Gasteiger partial charge in [0, 0.05) is 17.9 Å².